The van der Waals surface area contributed by atoms with Crippen LogP contribution >= 0.6 is 0 Å². The van der Waals surface area contributed by atoms with Crippen molar-refractivity contribution in [2.24, 2.45) is 14.1 Å². The van der Waals surface area contributed by atoms with E-state index in [9.17, 15) is 14.4 Å². The number of rotatable bonds is 2. The Labute approximate surface area is 169 Å². The van der Waals surface area contributed by atoms with Crippen molar-refractivity contribution in [3.63, 3.8) is 0 Å². The van der Waals surface area contributed by atoms with Crippen LogP contribution in [0.5, 0.6) is 0 Å². The second kappa shape index (κ2) is 6.37. The Morgan fingerprint density at radius 2 is 1.97 bits per heavy atom. The second-order valence-electron chi connectivity index (χ2n) is 7.60. The molecule has 0 unspecified atom stereocenters. The Morgan fingerprint density at radius 1 is 1.17 bits per heavy atom. The largest absolute Gasteiger partial charge is 0.336 e. The van der Waals surface area contributed by atoms with Crippen LogP contribution < -0.4 is 11.2 Å². The highest BCUT2D eigenvalue weighted by atomic mass is 16.2. The Bertz CT molecular complexity index is 1450. The fourth-order valence-electron chi connectivity index (χ4n) is 4.03. The predicted octanol–water partition coefficient (Wildman–Crippen LogP) is -0.630. The summed E-state index contributed by atoms with van der Waals surface area (Å²) in [7, 11) is 2.96. The van der Waals surface area contributed by atoms with E-state index in [0.717, 1.165) is 27.2 Å². The maximum Gasteiger partial charge on any atom is 0.332 e. The van der Waals surface area contributed by atoms with Crippen molar-refractivity contribution < 1.29 is 4.79 Å². The van der Waals surface area contributed by atoms with Gasteiger partial charge in [0.1, 0.15) is 6.54 Å². The molecule has 0 saturated heterocycles. The predicted molar refractivity (Wildman–Crippen MR) is 107 cm³/mol. The molecule has 0 radical (unpaired) electrons. The highest BCUT2D eigenvalue weighted by molar-refractivity contribution is 5.79. The molecule has 154 valence electrons. The van der Waals surface area contributed by atoms with E-state index in [0.29, 0.717) is 19.5 Å². The van der Waals surface area contributed by atoms with Gasteiger partial charge in [-0.2, -0.15) is 5.10 Å². The first-order valence-electron chi connectivity index (χ1n) is 9.57. The zero-order valence-electron chi connectivity index (χ0n) is 16.9. The minimum atomic E-state index is -0.469. The van der Waals surface area contributed by atoms with Crippen LogP contribution in [-0.4, -0.2) is 50.6 Å². The normalized spacial score (nSPS) is 13.9. The molecule has 1 aliphatic rings. The minimum absolute atomic E-state index is 0.0319. The lowest BCUT2D eigenvalue weighted by molar-refractivity contribution is -0.132. The number of carbonyl (C=O) groups excluding carboxylic acids is 1. The van der Waals surface area contributed by atoms with E-state index >= 15 is 0 Å². The van der Waals surface area contributed by atoms with Crippen molar-refractivity contribution >= 4 is 22.7 Å². The van der Waals surface area contributed by atoms with Crippen molar-refractivity contribution in [2.75, 3.05) is 6.54 Å². The molecule has 5 rings (SSSR count). The molecule has 0 saturated carbocycles. The number of aryl methyl sites for hydroxylation is 2. The maximum absolute atomic E-state index is 13.0. The molecule has 4 aromatic heterocycles. The number of aromatic nitrogens is 7. The minimum Gasteiger partial charge on any atom is -0.336 e. The molecular weight excluding hydrogens is 388 g/mol. The van der Waals surface area contributed by atoms with E-state index < -0.39 is 11.2 Å². The van der Waals surface area contributed by atoms with E-state index in [1.807, 2.05) is 17.5 Å². The van der Waals surface area contributed by atoms with Gasteiger partial charge < -0.3 is 9.47 Å². The van der Waals surface area contributed by atoms with Crippen molar-refractivity contribution in [1.82, 2.24) is 38.2 Å². The van der Waals surface area contributed by atoms with Crippen molar-refractivity contribution in [1.29, 1.82) is 0 Å². The van der Waals surface area contributed by atoms with Gasteiger partial charge in [0.25, 0.3) is 5.56 Å². The van der Waals surface area contributed by atoms with Gasteiger partial charge in [-0.1, -0.05) is 0 Å². The number of hydrogen-bond donors (Lipinski definition) is 0. The fraction of sp³-hybridized carbons (Fsp3) is 0.368. The van der Waals surface area contributed by atoms with Gasteiger partial charge in [-0.05, 0) is 6.92 Å². The number of imidazole rings is 1. The number of carbonyl (C=O) groups is 1. The van der Waals surface area contributed by atoms with Crippen LogP contribution in [0.4, 0.5) is 0 Å². The summed E-state index contributed by atoms with van der Waals surface area (Å²) in [5.74, 6) is -0.132. The average molecular weight is 408 g/mol. The van der Waals surface area contributed by atoms with Crippen LogP contribution in [0, 0.1) is 6.92 Å². The molecule has 0 atom stereocenters. The molecule has 1 amide bonds. The summed E-state index contributed by atoms with van der Waals surface area (Å²) in [6.45, 7) is 2.87. The highest BCUT2D eigenvalue weighted by Gasteiger charge is 2.25. The van der Waals surface area contributed by atoms with Crippen molar-refractivity contribution in [2.45, 2.75) is 26.4 Å². The first-order chi connectivity index (χ1) is 14.3. The van der Waals surface area contributed by atoms with E-state index in [2.05, 4.69) is 15.1 Å². The molecule has 0 aliphatic carbocycles. The SMILES string of the molecule is Cc1cc2ncc3c(n2n1)CCN(C(=O)Cn1cnc2c1c(=O)n(C)c(=O)n2C)C3. The third-order valence-corrected chi connectivity index (χ3v) is 5.65. The lowest BCUT2D eigenvalue weighted by atomic mass is 10.1. The molecule has 0 spiro atoms. The molecule has 0 N–H and O–H groups in total. The molecule has 0 fully saturated rings. The third kappa shape index (κ3) is 2.58. The number of fused-ring (bicyclic) bond motifs is 4. The Balaban J connectivity index is 1.45. The number of hydrogen-bond acceptors (Lipinski definition) is 6. The molecule has 0 aromatic carbocycles. The Morgan fingerprint density at radius 3 is 2.77 bits per heavy atom. The van der Waals surface area contributed by atoms with Crippen molar-refractivity contribution in [3.8, 4) is 0 Å². The van der Waals surface area contributed by atoms with Crippen molar-refractivity contribution in [3.05, 3.63) is 56.4 Å². The lowest BCUT2D eigenvalue weighted by Gasteiger charge is -2.29. The zero-order chi connectivity index (χ0) is 21.2. The van der Waals surface area contributed by atoms with Crippen LogP contribution in [0.15, 0.2) is 28.2 Å². The first-order valence-corrected chi connectivity index (χ1v) is 9.57. The number of amides is 1. The topological polar surface area (TPSA) is 112 Å². The van der Waals surface area contributed by atoms with Gasteiger partial charge in [0.2, 0.25) is 5.91 Å². The van der Waals surface area contributed by atoms with Gasteiger partial charge in [-0.15, -0.1) is 0 Å². The standard InChI is InChI=1S/C19H20N8O3/c1-11-6-14-20-7-12-8-25(5-4-13(12)27(14)22-11)15(28)9-26-10-21-17-16(26)18(29)24(3)19(30)23(17)2/h6-7,10H,4-5,8-9H2,1-3H3. The van der Waals surface area contributed by atoms with E-state index in [-0.39, 0.29) is 23.6 Å². The van der Waals surface area contributed by atoms with Crippen LogP contribution in [0.25, 0.3) is 16.8 Å². The van der Waals surface area contributed by atoms with Gasteiger partial charge in [-0.3, -0.25) is 18.7 Å². The quantitative estimate of drug-likeness (QED) is 0.437. The van der Waals surface area contributed by atoms with Gasteiger partial charge in [0.15, 0.2) is 16.8 Å². The summed E-state index contributed by atoms with van der Waals surface area (Å²) in [6, 6.07) is 1.93. The molecule has 5 heterocycles. The first kappa shape index (κ1) is 18.3. The summed E-state index contributed by atoms with van der Waals surface area (Å²) in [6.07, 6.45) is 3.89. The lowest BCUT2D eigenvalue weighted by Crippen LogP contribution is -2.40. The van der Waals surface area contributed by atoms with Crippen LogP contribution in [-0.2, 0) is 38.4 Å². The van der Waals surface area contributed by atoms with E-state index in [1.54, 1.807) is 18.1 Å². The molecule has 1 aliphatic heterocycles. The van der Waals surface area contributed by atoms with E-state index in [1.165, 1.54) is 22.5 Å². The molecule has 11 heteroatoms. The Kier molecular flexibility index (Phi) is 3.88. The highest BCUT2D eigenvalue weighted by Crippen LogP contribution is 2.20. The zero-order valence-corrected chi connectivity index (χ0v) is 16.9. The summed E-state index contributed by atoms with van der Waals surface area (Å²) in [5, 5.41) is 4.50. The van der Waals surface area contributed by atoms with Crippen LogP contribution in [0.3, 0.4) is 0 Å². The summed E-state index contributed by atoms with van der Waals surface area (Å²) in [5.41, 5.74) is 3.30. The Hall–Kier alpha value is -3.76. The molecule has 30 heavy (non-hydrogen) atoms. The monoisotopic (exact) mass is 408 g/mol. The fourth-order valence-corrected chi connectivity index (χ4v) is 4.03. The smallest absolute Gasteiger partial charge is 0.332 e. The number of nitrogens with zero attached hydrogens (tertiary/aromatic N) is 8. The molecular formula is C19H20N8O3. The van der Waals surface area contributed by atoms with E-state index in [4.69, 9.17) is 0 Å². The molecule has 11 nitrogen and oxygen atoms in total. The van der Waals surface area contributed by atoms with Gasteiger partial charge in [0.05, 0.1) is 17.7 Å². The van der Waals surface area contributed by atoms with Gasteiger partial charge in [0, 0.05) is 51.4 Å². The van der Waals surface area contributed by atoms with Crippen LogP contribution in [0.1, 0.15) is 17.0 Å². The van der Waals surface area contributed by atoms with Crippen LogP contribution in [0.2, 0.25) is 0 Å². The third-order valence-electron chi connectivity index (χ3n) is 5.65. The maximum atomic E-state index is 13.0. The van der Waals surface area contributed by atoms with Gasteiger partial charge >= 0.3 is 5.69 Å². The summed E-state index contributed by atoms with van der Waals surface area (Å²) in [4.78, 5) is 48.0. The van der Waals surface area contributed by atoms with Gasteiger partial charge in [-0.25, -0.2) is 19.3 Å². The average Bonchev–Trinajstić information content (AvgIpc) is 3.33. The second-order valence-corrected chi connectivity index (χ2v) is 7.60. The summed E-state index contributed by atoms with van der Waals surface area (Å²) < 4.78 is 5.68. The molecule has 4 aromatic rings. The molecule has 0 bridgehead atoms. The summed E-state index contributed by atoms with van der Waals surface area (Å²) >= 11 is 0.